The predicted octanol–water partition coefficient (Wildman–Crippen LogP) is 1.45. The largest absolute Gasteiger partial charge is 0.356 e. The van der Waals surface area contributed by atoms with Gasteiger partial charge in [-0.3, -0.25) is 4.99 Å². The minimum absolute atomic E-state index is 0.0152. The Morgan fingerprint density at radius 1 is 1.22 bits per heavy atom. The first kappa shape index (κ1) is 19.4. The van der Waals surface area contributed by atoms with E-state index in [1.165, 1.54) is 7.05 Å². The lowest BCUT2D eigenvalue weighted by Gasteiger charge is -2.13. The highest BCUT2D eigenvalue weighted by Crippen LogP contribution is 2.08. The van der Waals surface area contributed by atoms with Gasteiger partial charge in [0.15, 0.2) is 5.96 Å². The van der Waals surface area contributed by atoms with Crippen molar-refractivity contribution in [2.75, 3.05) is 20.6 Å². The third-order valence-electron chi connectivity index (χ3n) is 3.36. The van der Waals surface area contributed by atoms with Crippen molar-refractivity contribution in [2.45, 2.75) is 32.6 Å². The summed E-state index contributed by atoms with van der Waals surface area (Å²) in [5, 5.41) is 6.50. The number of nitrogens with zero attached hydrogens (tertiary/aromatic N) is 1. The lowest BCUT2D eigenvalue weighted by atomic mass is 10.1. The monoisotopic (exact) mass is 340 g/mol. The molecule has 0 amide bonds. The number of hydrogen-bond donors (Lipinski definition) is 3. The molecule has 1 rings (SSSR count). The number of aliphatic imine (C=N–C) groups is 1. The van der Waals surface area contributed by atoms with Crippen molar-refractivity contribution in [2.24, 2.45) is 10.9 Å². The molecule has 0 bridgehead atoms. The van der Waals surface area contributed by atoms with Crippen molar-refractivity contribution in [1.29, 1.82) is 0 Å². The van der Waals surface area contributed by atoms with Crippen LogP contribution in [0, 0.1) is 5.92 Å². The van der Waals surface area contributed by atoms with Gasteiger partial charge in [-0.15, -0.1) is 0 Å². The minimum Gasteiger partial charge on any atom is -0.356 e. The summed E-state index contributed by atoms with van der Waals surface area (Å²) in [6.07, 6.45) is 1.08. The molecule has 0 aliphatic carbocycles. The summed E-state index contributed by atoms with van der Waals surface area (Å²) in [4.78, 5) is 4.18. The Balaban J connectivity index is 2.57. The quantitative estimate of drug-likeness (QED) is 0.494. The first-order chi connectivity index (χ1) is 10.9. The molecule has 7 heteroatoms. The van der Waals surface area contributed by atoms with Gasteiger partial charge in [0, 0.05) is 20.1 Å². The van der Waals surface area contributed by atoms with Crippen LogP contribution in [0.3, 0.4) is 0 Å². The Morgan fingerprint density at radius 3 is 2.52 bits per heavy atom. The molecule has 6 nitrogen and oxygen atoms in total. The zero-order valence-corrected chi connectivity index (χ0v) is 15.2. The molecule has 0 unspecified atom stereocenters. The fraction of sp³-hybridized carbons (Fsp3) is 0.562. The van der Waals surface area contributed by atoms with Crippen LogP contribution in [0.5, 0.6) is 0 Å². The van der Waals surface area contributed by atoms with Crippen LogP contribution in [0.1, 0.15) is 31.4 Å². The molecule has 0 radical (unpaired) electrons. The van der Waals surface area contributed by atoms with E-state index in [0.29, 0.717) is 12.5 Å². The van der Waals surface area contributed by atoms with Gasteiger partial charge in [0.1, 0.15) is 0 Å². The van der Waals surface area contributed by atoms with Gasteiger partial charge in [-0.1, -0.05) is 38.1 Å². The minimum atomic E-state index is -3.25. The van der Waals surface area contributed by atoms with Gasteiger partial charge >= 0.3 is 0 Å². The lowest BCUT2D eigenvalue weighted by Crippen LogP contribution is -2.37. The van der Waals surface area contributed by atoms with Gasteiger partial charge in [-0.25, -0.2) is 13.1 Å². The second-order valence-corrected chi connectivity index (χ2v) is 7.74. The fourth-order valence-electron chi connectivity index (χ4n) is 2.01. The number of benzene rings is 1. The maximum atomic E-state index is 11.6. The second kappa shape index (κ2) is 9.52. The second-order valence-electron chi connectivity index (χ2n) is 5.82. The van der Waals surface area contributed by atoms with Crippen LogP contribution in [0.4, 0.5) is 0 Å². The van der Waals surface area contributed by atoms with E-state index in [0.717, 1.165) is 30.1 Å². The first-order valence-electron chi connectivity index (χ1n) is 7.80. The van der Waals surface area contributed by atoms with Crippen LogP contribution >= 0.6 is 0 Å². The molecule has 0 saturated carbocycles. The molecule has 0 atom stereocenters. The van der Waals surface area contributed by atoms with Crippen molar-refractivity contribution in [3.05, 3.63) is 35.4 Å². The number of hydrogen-bond acceptors (Lipinski definition) is 3. The summed E-state index contributed by atoms with van der Waals surface area (Å²) in [6, 6.07) is 7.54. The molecule has 23 heavy (non-hydrogen) atoms. The standard InChI is InChI=1S/C16H28N4O2S/c1-13(2)8-9-19-16(17-3)20-11-14-6-5-7-15(10-14)12-23(21,22)18-4/h5-7,10,13,18H,8-9,11-12H2,1-4H3,(H2,17,19,20). The van der Waals surface area contributed by atoms with Crippen molar-refractivity contribution < 1.29 is 8.42 Å². The van der Waals surface area contributed by atoms with Crippen LogP contribution in [0.25, 0.3) is 0 Å². The molecular formula is C16H28N4O2S. The van der Waals surface area contributed by atoms with Crippen LogP contribution in [0.2, 0.25) is 0 Å². The summed E-state index contributed by atoms with van der Waals surface area (Å²) >= 11 is 0. The van der Waals surface area contributed by atoms with E-state index in [1.54, 1.807) is 7.05 Å². The van der Waals surface area contributed by atoms with Crippen molar-refractivity contribution in [3.8, 4) is 0 Å². The molecule has 0 fully saturated rings. The maximum absolute atomic E-state index is 11.6. The van der Waals surface area contributed by atoms with Crippen LogP contribution in [-0.2, 0) is 22.3 Å². The molecule has 0 aromatic heterocycles. The summed E-state index contributed by atoms with van der Waals surface area (Å²) in [6.45, 7) is 5.83. The third kappa shape index (κ3) is 7.99. The molecule has 1 aromatic carbocycles. The normalized spacial score (nSPS) is 12.5. The topological polar surface area (TPSA) is 82.6 Å². The van der Waals surface area contributed by atoms with Crippen molar-refractivity contribution in [3.63, 3.8) is 0 Å². The molecule has 0 spiro atoms. The van der Waals surface area contributed by atoms with Crippen LogP contribution in [-0.4, -0.2) is 35.0 Å². The van der Waals surface area contributed by atoms with Gasteiger partial charge in [0.25, 0.3) is 0 Å². The van der Waals surface area contributed by atoms with Crippen molar-refractivity contribution >= 4 is 16.0 Å². The number of nitrogens with one attached hydrogen (secondary N) is 3. The number of guanidine groups is 1. The summed E-state index contributed by atoms with van der Waals surface area (Å²) in [5.41, 5.74) is 1.78. The van der Waals surface area contributed by atoms with E-state index in [2.05, 4.69) is 34.2 Å². The van der Waals surface area contributed by atoms with Crippen molar-refractivity contribution in [1.82, 2.24) is 15.4 Å². The predicted molar refractivity (Wildman–Crippen MR) is 95.8 cm³/mol. The number of rotatable bonds is 8. The summed E-state index contributed by atoms with van der Waals surface area (Å²) in [5.74, 6) is 1.38. The highest BCUT2D eigenvalue weighted by atomic mass is 32.2. The van der Waals surface area contributed by atoms with Gasteiger partial charge < -0.3 is 10.6 Å². The lowest BCUT2D eigenvalue weighted by molar-refractivity contribution is 0.573. The van der Waals surface area contributed by atoms with Gasteiger partial charge in [0.05, 0.1) is 5.75 Å². The summed E-state index contributed by atoms with van der Waals surface area (Å²) < 4.78 is 25.5. The van der Waals surface area contributed by atoms with Crippen LogP contribution < -0.4 is 15.4 Å². The van der Waals surface area contributed by atoms with Gasteiger partial charge in [-0.2, -0.15) is 0 Å². The average molecular weight is 340 g/mol. The third-order valence-corrected chi connectivity index (χ3v) is 4.69. The average Bonchev–Trinajstić information content (AvgIpc) is 2.50. The Labute approximate surface area is 139 Å². The van der Waals surface area contributed by atoms with E-state index >= 15 is 0 Å². The molecule has 3 N–H and O–H groups in total. The Kier molecular flexibility index (Phi) is 8.05. The highest BCUT2D eigenvalue weighted by Gasteiger charge is 2.09. The Morgan fingerprint density at radius 2 is 1.91 bits per heavy atom. The van der Waals surface area contributed by atoms with Gasteiger partial charge in [-0.05, 0) is 30.5 Å². The maximum Gasteiger partial charge on any atom is 0.215 e. The number of sulfonamides is 1. The first-order valence-corrected chi connectivity index (χ1v) is 9.45. The molecule has 0 aliphatic rings. The molecule has 0 heterocycles. The van der Waals surface area contributed by atoms with E-state index in [9.17, 15) is 8.42 Å². The van der Waals surface area contributed by atoms with E-state index < -0.39 is 10.0 Å². The molecular weight excluding hydrogens is 312 g/mol. The Bertz CT molecular complexity index is 612. The smallest absolute Gasteiger partial charge is 0.215 e. The summed E-state index contributed by atoms with van der Waals surface area (Å²) in [7, 11) is -0.0910. The molecule has 1 aromatic rings. The van der Waals surface area contributed by atoms with Gasteiger partial charge in [0.2, 0.25) is 10.0 Å². The fourth-order valence-corrected chi connectivity index (χ4v) is 2.77. The van der Waals surface area contributed by atoms with Crippen LogP contribution in [0.15, 0.2) is 29.3 Å². The van der Waals surface area contributed by atoms with E-state index in [1.807, 2.05) is 24.3 Å². The van der Waals surface area contributed by atoms with E-state index in [4.69, 9.17) is 0 Å². The zero-order chi connectivity index (χ0) is 17.3. The Hall–Kier alpha value is -1.60. The molecule has 0 saturated heterocycles. The zero-order valence-electron chi connectivity index (χ0n) is 14.4. The molecule has 0 aliphatic heterocycles. The van der Waals surface area contributed by atoms with E-state index in [-0.39, 0.29) is 5.75 Å². The SMILES string of the molecule is CN=C(NCCC(C)C)NCc1cccc(CS(=O)(=O)NC)c1. The molecule has 130 valence electrons. The highest BCUT2D eigenvalue weighted by molar-refractivity contribution is 7.88.